The molecule has 5 nitrogen and oxygen atoms in total. The number of aromatic nitrogens is 1. The molecule has 29 heavy (non-hydrogen) atoms. The number of rotatable bonds is 7. The number of nitrogens with one attached hydrogen (secondary N) is 1. The monoisotopic (exact) mass is 395 g/mol. The van der Waals surface area contributed by atoms with Crippen LogP contribution in [0.25, 0.3) is 0 Å². The van der Waals surface area contributed by atoms with Gasteiger partial charge in [0, 0.05) is 29.3 Å². The fourth-order valence-corrected chi connectivity index (χ4v) is 3.86. The van der Waals surface area contributed by atoms with Crippen molar-refractivity contribution in [2.75, 3.05) is 0 Å². The Morgan fingerprint density at radius 1 is 1.17 bits per heavy atom. The number of pyridine rings is 1. The third kappa shape index (κ3) is 4.84. The zero-order valence-corrected chi connectivity index (χ0v) is 17.8. The lowest BCUT2D eigenvalue weighted by atomic mass is 9.86. The van der Waals surface area contributed by atoms with Gasteiger partial charge in [0.1, 0.15) is 6.61 Å². The molecule has 1 saturated carbocycles. The predicted octanol–water partition coefficient (Wildman–Crippen LogP) is 4.36. The molecule has 0 bridgehead atoms. The van der Waals surface area contributed by atoms with Crippen molar-refractivity contribution < 1.29 is 14.3 Å². The number of hydrogen-bond donors (Lipinski definition) is 1. The predicted molar refractivity (Wildman–Crippen MR) is 112 cm³/mol. The molecule has 0 saturated heterocycles. The first-order valence-corrected chi connectivity index (χ1v) is 10.2. The van der Waals surface area contributed by atoms with Crippen molar-refractivity contribution >= 4 is 11.8 Å². The zero-order valence-electron chi connectivity index (χ0n) is 17.8. The summed E-state index contributed by atoms with van der Waals surface area (Å²) in [5.74, 6) is 0.0227. The van der Waals surface area contributed by atoms with E-state index in [-0.39, 0.29) is 29.8 Å². The topological polar surface area (TPSA) is 76.2 Å². The van der Waals surface area contributed by atoms with E-state index < -0.39 is 0 Å². The summed E-state index contributed by atoms with van der Waals surface area (Å²) >= 11 is 0. The van der Waals surface area contributed by atoms with Gasteiger partial charge >= 0.3 is 5.97 Å². The van der Waals surface area contributed by atoms with E-state index in [1.807, 2.05) is 39.8 Å². The number of aryl methyl sites for hydroxylation is 2. The van der Waals surface area contributed by atoms with Crippen LogP contribution in [0.5, 0.6) is 0 Å². The van der Waals surface area contributed by atoms with E-state index in [9.17, 15) is 14.4 Å². The van der Waals surface area contributed by atoms with E-state index in [4.69, 9.17) is 4.74 Å². The second-order valence-electron chi connectivity index (χ2n) is 8.47. The number of benzene rings is 1. The Balaban J connectivity index is 2.13. The molecule has 3 rings (SSSR count). The van der Waals surface area contributed by atoms with Gasteiger partial charge in [-0.15, -0.1) is 0 Å². The summed E-state index contributed by atoms with van der Waals surface area (Å²) in [5, 5.41) is 0. The van der Waals surface area contributed by atoms with Crippen LogP contribution in [0.3, 0.4) is 0 Å². The molecular weight excluding hydrogens is 366 g/mol. The third-order valence-electron chi connectivity index (χ3n) is 5.40. The smallest absolute Gasteiger partial charge is 0.302 e. The Hall–Kier alpha value is -2.69. The molecule has 2 aromatic rings. The Morgan fingerprint density at radius 2 is 1.86 bits per heavy atom. The van der Waals surface area contributed by atoms with Crippen molar-refractivity contribution in [3.8, 4) is 0 Å². The van der Waals surface area contributed by atoms with Crippen LogP contribution < -0.4 is 5.56 Å². The molecule has 1 aliphatic carbocycles. The first-order chi connectivity index (χ1) is 13.7. The molecule has 5 heteroatoms. The summed E-state index contributed by atoms with van der Waals surface area (Å²) < 4.78 is 5.10. The van der Waals surface area contributed by atoms with Gasteiger partial charge in [0.25, 0.3) is 5.56 Å². The van der Waals surface area contributed by atoms with E-state index in [0.29, 0.717) is 22.6 Å². The lowest BCUT2D eigenvalue weighted by Crippen LogP contribution is -2.24. The highest BCUT2D eigenvalue weighted by molar-refractivity contribution is 6.11. The number of hydrogen-bond acceptors (Lipinski definition) is 4. The van der Waals surface area contributed by atoms with Crippen LogP contribution in [0, 0.1) is 19.8 Å². The molecule has 0 unspecified atom stereocenters. The maximum absolute atomic E-state index is 13.7. The lowest BCUT2D eigenvalue weighted by Gasteiger charge is -2.18. The molecule has 154 valence electrons. The number of carbonyl (C=O) groups excluding carboxylic acids is 2. The van der Waals surface area contributed by atoms with Crippen LogP contribution >= 0.6 is 0 Å². The van der Waals surface area contributed by atoms with Crippen molar-refractivity contribution in [1.82, 2.24) is 4.98 Å². The van der Waals surface area contributed by atoms with E-state index in [1.54, 1.807) is 6.07 Å². The average molecular weight is 395 g/mol. The van der Waals surface area contributed by atoms with Gasteiger partial charge in [-0.3, -0.25) is 14.4 Å². The van der Waals surface area contributed by atoms with Crippen LogP contribution in [0.4, 0.5) is 0 Å². The minimum absolute atomic E-state index is 0.0680. The molecular formula is C24H29NO4. The number of ether oxygens (including phenoxy) is 1. The summed E-state index contributed by atoms with van der Waals surface area (Å²) in [6.07, 6.45) is 3.15. The van der Waals surface area contributed by atoms with Crippen molar-refractivity contribution in [2.45, 2.75) is 66.4 Å². The van der Waals surface area contributed by atoms with Crippen LogP contribution in [0.1, 0.15) is 83.4 Å². The normalized spacial score (nSPS) is 13.6. The molecule has 1 aromatic carbocycles. The number of esters is 1. The number of ketones is 1. The largest absolute Gasteiger partial charge is 0.461 e. The molecule has 1 heterocycles. The zero-order chi connectivity index (χ0) is 21.3. The van der Waals surface area contributed by atoms with Gasteiger partial charge in [-0.25, -0.2) is 0 Å². The first-order valence-electron chi connectivity index (χ1n) is 10.2. The van der Waals surface area contributed by atoms with Gasteiger partial charge in [-0.2, -0.15) is 0 Å². The van der Waals surface area contributed by atoms with Crippen molar-refractivity contribution in [1.29, 1.82) is 0 Å². The summed E-state index contributed by atoms with van der Waals surface area (Å²) in [6.45, 7) is 9.16. The SMILES string of the molecule is CC(=O)OCc1cc(C)cc(C(=O)c2c(CC3CC3)c(C)[nH]c(=O)c2C(C)C)c1. The molecule has 0 amide bonds. The Morgan fingerprint density at radius 3 is 2.45 bits per heavy atom. The second-order valence-corrected chi connectivity index (χ2v) is 8.47. The van der Waals surface area contributed by atoms with Gasteiger partial charge < -0.3 is 9.72 Å². The Labute approximate surface area is 171 Å². The fourth-order valence-electron chi connectivity index (χ4n) is 3.86. The van der Waals surface area contributed by atoms with Gasteiger partial charge in [-0.05, 0) is 73.8 Å². The molecule has 0 spiro atoms. The number of carbonyl (C=O) groups is 2. The van der Waals surface area contributed by atoms with Gasteiger partial charge in [0.05, 0.1) is 0 Å². The number of H-pyrrole nitrogens is 1. The minimum atomic E-state index is -0.363. The highest BCUT2D eigenvalue weighted by Gasteiger charge is 2.29. The third-order valence-corrected chi connectivity index (χ3v) is 5.40. The van der Waals surface area contributed by atoms with Gasteiger partial charge in [0.2, 0.25) is 0 Å². The fraction of sp³-hybridized carbons (Fsp3) is 0.458. The molecule has 1 aliphatic rings. The van der Waals surface area contributed by atoms with Gasteiger partial charge in [0.15, 0.2) is 5.78 Å². The van der Waals surface area contributed by atoms with Crippen LogP contribution in [-0.4, -0.2) is 16.7 Å². The summed E-state index contributed by atoms with van der Waals surface area (Å²) in [5.41, 5.74) is 4.86. The molecule has 1 fully saturated rings. The number of aromatic amines is 1. The molecule has 1 aromatic heterocycles. The van der Waals surface area contributed by atoms with Crippen molar-refractivity contribution in [3.63, 3.8) is 0 Å². The highest BCUT2D eigenvalue weighted by atomic mass is 16.5. The van der Waals surface area contributed by atoms with E-state index >= 15 is 0 Å². The summed E-state index contributed by atoms with van der Waals surface area (Å²) in [7, 11) is 0. The summed E-state index contributed by atoms with van der Waals surface area (Å²) in [4.78, 5) is 40.5. The Bertz CT molecular complexity index is 1010. The van der Waals surface area contributed by atoms with Gasteiger partial charge in [-0.1, -0.05) is 19.9 Å². The molecule has 1 N–H and O–H groups in total. The molecule has 0 atom stereocenters. The second kappa shape index (κ2) is 8.36. The van der Waals surface area contributed by atoms with Crippen molar-refractivity contribution in [3.05, 3.63) is 67.6 Å². The van der Waals surface area contributed by atoms with Crippen LogP contribution in [0.15, 0.2) is 23.0 Å². The Kier molecular flexibility index (Phi) is 6.06. The molecule has 0 radical (unpaired) electrons. The van der Waals surface area contributed by atoms with E-state index in [2.05, 4.69) is 4.98 Å². The maximum atomic E-state index is 13.7. The first kappa shape index (κ1) is 21.0. The lowest BCUT2D eigenvalue weighted by molar-refractivity contribution is -0.142. The van der Waals surface area contributed by atoms with Crippen LogP contribution in [0.2, 0.25) is 0 Å². The molecule has 0 aliphatic heterocycles. The van der Waals surface area contributed by atoms with Crippen molar-refractivity contribution in [2.24, 2.45) is 5.92 Å². The average Bonchev–Trinajstić information content (AvgIpc) is 3.44. The van der Waals surface area contributed by atoms with Crippen LogP contribution in [-0.2, 0) is 22.6 Å². The van der Waals surface area contributed by atoms with E-state index in [0.717, 1.165) is 28.8 Å². The highest BCUT2D eigenvalue weighted by Crippen LogP contribution is 2.36. The standard InChI is InChI=1S/C24H29NO4/c1-13(2)21-22(20(11-17-6-7-17)15(4)25-24(21)28)23(27)19-9-14(3)8-18(10-19)12-29-16(5)26/h8-10,13,17H,6-7,11-12H2,1-5H3,(H,25,28). The van der Waals surface area contributed by atoms with E-state index in [1.165, 1.54) is 19.8 Å². The maximum Gasteiger partial charge on any atom is 0.302 e. The summed E-state index contributed by atoms with van der Waals surface area (Å²) in [6, 6.07) is 5.50. The quantitative estimate of drug-likeness (QED) is 0.558. The minimum Gasteiger partial charge on any atom is -0.461 e.